The molecule has 3 aromatic carbocycles. The monoisotopic (exact) mass is 657 g/mol. The highest BCUT2D eigenvalue weighted by Crippen LogP contribution is 2.37. The quantitative estimate of drug-likeness (QED) is 0.202. The van der Waals surface area contributed by atoms with E-state index in [-0.39, 0.29) is 22.9 Å². The second-order valence-electron chi connectivity index (χ2n) is 9.67. The highest BCUT2D eigenvalue weighted by atomic mass is 35.5. The predicted octanol–water partition coefficient (Wildman–Crippen LogP) is 6.93. The lowest BCUT2D eigenvalue weighted by atomic mass is 10.1. The summed E-state index contributed by atoms with van der Waals surface area (Å²) < 4.78 is 69.3. The first kappa shape index (κ1) is 34.2. The molecule has 43 heavy (non-hydrogen) atoms. The number of carbonyl (C=O) groups excluding carboxylic acids is 2. The van der Waals surface area contributed by atoms with Crippen LogP contribution in [-0.2, 0) is 32.3 Å². The van der Waals surface area contributed by atoms with Gasteiger partial charge in [-0.25, -0.2) is 8.42 Å². The number of halogens is 5. The van der Waals surface area contributed by atoms with Crippen LogP contribution in [0.4, 0.5) is 18.9 Å². The van der Waals surface area contributed by atoms with Gasteiger partial charge in [-0.05, 0) is 54.8 Å². The van der Waals surface area contributed by atoms with Crippen molar-refractivity contribution in [2.75, 3.05) is 17.4 Å². The van der Waals surface area contributed by atoms with Crippen molar-refractivity contribution in [2.45, 2.75) is 56.8 Å². The number of nitrogens with one attached hydrogen (secondary N) is 1. The molecule has 232 valence electrons. The summed E-state index contributed by atoms with van der Waals surface area (Å²) in [5, 5.41) is 2.80. The van der Waals surface area contributed by atoms with Crippen LogP contribution in [0.15, 0.2) is 77.7 Å². The van der Waals surface area contributed by atoms with Gasteiger partial charge in [0.25, 0.3) is 10.0 Å². The van der Waals surface area contributed by atoms with Gasteiger partial charge in [0, 0.05) is 18.1 Å². The Morgan fingerprint density at radius 1 is 0.930 bits per heavy atom. The molecule has 0 aliphatic carbocycles. The molecule has 3 rings (SSSR count). The number of benzene rings is 3. The van der Waals surface area contributed by atoms with E-state index in [4.69, 9.17) is 23.2 Å². The van der Waals surface area contributed by atoms with Crippen molar-refractivity contribution in [1.29, 1.82) is 0 Å². The average molecular weight is 659 g/mol. The molecule has 1 N–H and O–H groups in total. The first-order chi connectivity index (χ1) is 20.3. The van der Waals surface area contributed by atoms with E-state index in [9.17, 15) is 31.2 Å². The minimum Gasteiger partial charge on any atom is -0.354 e. The second-order valence-corrected chi connectivity index (χ2v) is 12.3. The molecule has 0 radical (unpaired) electrons. The average Bonchev–Trinajstić information content (AvgIpc) is 2.97. The Kier molecular flexibility index (Phi) is 11.9. The van der Waals surface area contributed by atoms with Crippen molar-refractivity contribution in [3.05, 3.63) is 94.0 Å². The highest BCUT2D eigenvalue weighted by Gasteiger charge is 2.37. The van der Waals surface area contributed by atoms with E-state index in [0.29, 0.717) is 33.9 Å². The second kappa shape index (κ2) is 14.9. The summed E-state index contributed by atoms with van der Waals surface area (Å²) in [7, 11) is -4.61. The summed E-state index contributed by atoms with van der Waals surface area (Å²) >= 11 is 12.6. The van der Waals surface area contributed by atoms with E-state index in [1.165, 1.54) is 29.2 Å². The minimum absolute atomic E-state index is 0.159. The van der Waals surface area contributed by atoms with Gasteiger partial charge in [-0.1, -0.05) is 79.9 Å². The lowest BCUT2D eigenvalue weighted by molar-refractivity contribution is -0.140. The number of hydrogen-bond acceptors (Lipinski definition) is 4. The molecule has 0 heterocycles. The maximum absolute atomic E-state index is 14.1. The number of hydrogen-bond donors (Lipinski definition) is 1. The Morgan fingerprint density at radius 3 is 2.19 bits per heavy atom. The fourth-order valence-electron chi connectivity index (χ4n) is 4.35. The van der Waals surface area contributed by atoms with Crippen LogP contribution >= 0.6 is 23.2 Å². The number of unbranched alkanes of at least 4 members (excludes halogenated alkanes) is 1. The van der Waals surface area contributed by atoms with Crippen molar-refractivity contribution in [3.63, 3.8) is 0 Å². The molecule has 0 saturated carbocycles. The molecule has 0 saturated heterocycles. The van der Waals surface area contributed by atoms with Crippen LogP contribution in [0.25, 0.3) is 0 Å². The molecule has 0 spiro atoms. The van der Waals surface area contributed by atoms with Crippen molar-refractivity contribution >= 4 is 50.7 Å². The SMILES string of the molecule is CCCCNC(=O)[C@@H](CC)N(Cc1ccccc1Cl)C(=O)CN(c1cc(C(F)(F)F)ccc1Cl)S(=O)(=O)c1ccccc1. The Balaban J connectivity index is 2.14. The van der Waals surface area contributed by atoms with Gasteiger partial charge in [-0.2, -0.15) is 13.2 Å². The molecule has 0 fully saturated rings. The molecule has 7 nitrogen and oxygen atoms in total. The van der Waals surface area contributed by atoms with E-state index in [2.05, 4.69) is 5.32 Å². The molecule has 0 aliphatic rings. The largest absolute Gasteiger partial charge is 0.416 e. The third-order valence-corrected chi connectivity index (χ3v) is 9.13. The van der Waals surface area contributed by atoms with Gasteiger partial charge in [-0.15, -0.1) is 0 Å². The molecule has 3 aromatic rings. The fourth-order valence-corrected chi connectivity index (χ4v) is 6.26. The number of anilines is 1. The molecule has 0 unspecified atom stereocenters. The van der Waals surface area contributed by atoms with Crippen LogP contribution in [0.1, 0.15) is 44.2 Å². The maximum Gasteiger partial charge on any atom is 0.416 e. The number of alkyl halides is 3. The molecule has 2 amide bonds. The zero-order valence-electron chi connectivity index (χ0n) is 23.6. The third kappa shape index (κ3) is 8.64. The summed E-state index contributed by atoms with van der Waals surface area (Å²) in [6.07, 6.45) is -3.11. The van der Waals surface area contributed by atoms with Gasteiger partial charge in [0.05, 0.1) is 21.2 Å². The van der Waals surface area contributed by atoms with Crippen LogP contribution in [-0.4, -0.2) is 44.3 Å². The molecular formula is C30H32Cl2F3N3O4S. The Bertz CT molecular complexity index is 1520. The van der Waals surface area contributed by atoms with E-state index < -0.39 is 51.9 Å². The lowest BCUT2D eigenvalue weighted by Crippen LogP contribution is -2.52. The first-order valence-electron chi connectivity index (χ1n) is 13.6. The van der Waals surface area contributed by atoms with Gasteiger partial charge >= 0.3 is 6.18 Å². The molecular weight excluding hydrogens is 626 g/mol. The van der Waals surface area contributed by atoms with Crippen LogP contribution < -0.4 is 9.62 Å². The Morgan fingerprint density at radius 2 is 1.58 bits per heavy atom. The number of sulfonamides is 1. The van der Waals surface area contributed by atoms with Gasteiger partial charge in [-0.3, -0.25) is 13.9 Å². The smallest absolute Gasteiger partial charge is 0.354 e. The Labute approximate surface area is 259 Å². The number of carbonyl (C=O) groups is 2. The van der Waals surface area contributed by atoms with Crippen LogP contribution in [0, 0.1) is 0 Å². The van der Waals surface area contributed by atoms with Crippen molar-refractivity contribution in [1.82, 2.24) is 10.2 Å². The van der Waals surface area contributed by atoms with Gasteiger partial charge in [0.15, 0.2) is 0 Å². The van der Waals surface area contributed by atoms with Crippen LogP contribution in [0.2, 0.25) is 10.0 Å². The van der Waals surface area contributed by atoms with E-state index >= 15 is 0 Å². The Hall–Kier alpha value is -3.28. The van der Waals surface area contributed by atoms with E-state index in [1.54, 1.807) is 37.3 Å². The van der Waals surface area contributed by atoms with E-state index in [1.807, 2.05) is 6.92 Å². The third-order valence-electron chi connectivity index (χ3n) is 6.67. The number of amides is 2. The summed E-state index contributed by atoms with van der Waals surface area (Å²) in [5.74, 6) is -1.30. The number of rotatable bonds is 13. The predicted molar refractivity (Wildman–Crippen MR) is 161 cm³/mol. The molecule has 0 aromatic heterocycles. The van der Waals surface area contributed by atoms with Gasteiger partial charge in [0.2, 0.25) is 11.8 Å². The topological polar surface area (TPSA) is 86.8 Å². The maximum atomic E-state index is 14.1. The molecule has 1 atom stereocenters. The van der Waals surface area contributed by atoms with Crippen molar-refractivity contribution < 1.29 is 31.2 Å². The summed E-state index contributed by atoms with van der Waals surface area (Å²) in [5.41, 5.74) is -1.19. The van der Waals surface area contributed by atoms with Crippen LogP contribution in [0.3, 0.4) is 0 Å². The normalized spacial score (nSPS) is 12.4. The van der Waals surface area contributed by atoms with Gasteiger partial charge < -0.3 is 10.2 Å². The number of nitrogens with zero attached hydrogens (tertiary/aromatic N) is 2. The summed E-state index contributed by atoms with van der Waals surface area (Å²) in [6.45, 7) is 2.92. The molecule has 13 heteroatoms. The zero-order chi connectivity index (χ0) is 31.8. The summed E-state index contributed by atoms with van der Waals surface area (Å²) in [4.78, 5) is 28.2. The van der Waals surface area contributed by atoms with Gasteiger partial charge in [0.1, 0.15) is 12.6 Å². The highest BCUT2D eigenvalue weighted by molar-refractivity contribution is 7.92. The molecule has 0 aliphatic heterocycles. The minimum atomic E-state index is -4.81. The molecule has 0 bridgehead atoms. The van der Waals surface area contributed by atoms with Crippen molar-refractivity contribution in [3.8, 4) is 0 Å². The van der Waals surface area contributed by atoms with Crippen molar-refractivity contribution in [2.24, 2.45) is 0 Å². The standard InChI is InChI=1S/C30H32Cl2F3N3O4S/c1-3-5-17-36-29(40)26(4-2)37(19-21-11-9-10-14-24(21)31)28(39)20-38(43(41,42)23-12-7-6-8-13-23)27-18-22(30(33,34)35)15-16-25(27)32/h6-16,18,26H,3-5,17,19-20H2,1-2H3,(H,36,40)/t26-/m1/s1. The first-order valence-corrected chi connectivity index (χ1v) is 15.8. The zero-order valence-corrected chi connectivity index (χ0v) is 25.9. The fraction of sp³-hybridized carbons (Fsp3) is 0.333. The van der Waals surface area contributed by atoms with Crippen LogP contribution in [0.5, 0.6) is 0 Å². The summed E-state index contributed by atoms with van der Waals surface area (Å²) in [6, 6.07) is 14.8. The lowest BCUT2D eigenvalue weighted by Gasteiger charge is -2.33. The van der Waals surface area contributed by atoms with E-state index in [0.717, 1.165) is 18.6 Å².